The van der Waals surface area contributed by atoms with Crippen LogP contribution in [0.2, 0.25) is 0 Å². The molecule has 0 aliphatic heterocycles. The van der Waals surface area contributed by atoms with Crippen LogP contribution in [0.3, 0.4) is 0 Å². The molecule has 2 aliphatic carbocycles. The smallest absolute Gasteiger partial charge is 0.224 e. The molecule has 92 valence electrons. The molecule has 3 rings (SSSR count). The molecule has 1 amide bonds. The average Bonchev–Trinajstić information content (AvgIpc) is 2.98. The van der Waals surface area contributed by atoms with Crippen LogP contribution < -0.4 is 5.32 Å². The normalized spacial score (nSPS) is 27.7. The summed E-state index contributed by atoms with van der Waals surface area (Å²) in [6.07, 6.45) is 3.04. The maximum Gasteiger partial charge on any atom is 0.224 e. The predicted octanol–water partition coefficient (Wildman–Crippen LogP) is 2.29. The minimum absolute atomic E-state index is 0.0346. The van der Waals surface area contributed by atoms with Gasteiger partial charge in [-0.3, -0.25) is 4.79 Å². The second kappa shape index (κ2) is 4.10. The Morgan fingerprint density at radius 3 is 3.22 bits per heavy atom. The van der Waals surface area contributed by atoms with Gasteiger partial charge in [-0.05, 0) is 42.5 Å². The summed E-state index contributed by atoms with van der Waals surface area (Å²) < 4.78 is 1.10. The first-order chi connectivity index (χ1) is 8.67. The third-order valence-corrected chi connectivity index (χ3v) is 4.67. The fraction of sp³-hybridized carbons (Fsp3) is 0.429. The lowest BCUT2D eigenvalue weighted by Gasteiger charge is -2.11. The standard InChI is InChI=1S/C14H13BrN2O/c15-10-1-2-11-9(7-10)3-4-14(11)8-12(14)13(18)17-6-5-16/h1-2,7,12H,3-4,6,8H2,(H,17,18)/t12-,14-/m1/s1. The number of hydrogen-bond donors (Lipinski definition) is 1. The monoisotopic (exact) mass is 304 g/mol. The molecule has 1 N–H and O–H groups in total. The van der Waals surface area contributed by atoms with E-state index in [1.165, 1.54) is 11.1 Å². The molecule has 0 radical (unpaired) electrons. The molecule has 0 saturated heterocycles. The highest BCUT2D eigenvalue weighted by molar-refractivity contribution is 9.10. The van der Waals surface area contributed by atoms with E-state index in [-0.39, 0.29) is 23.8 Å². The van der Waals surface area contributed by atoms with Crippen molar-refractivity contribution in [1.29, 1.82) is 5.26 Å². The Hall–Kier alpha value is -1.34. The van der Waals surface area contributed by atoms with Crippen molar-refractivity contribution in [2.75, 3.05) is 6.54 Å². The van der Waals surface area contributed by atoms with Crippen molar-refractivity contribution in [2.45, 2.75) is 24.7 Å². The fourth-order valence-electron chi connectivity index (χ4n) is 3.22. The summed E-state index contributed by atoms with van der Waals surface area (Å²) >= 11 is 3.49. The number of carbonyl (C=O) groups excluding carboxylic acids is 1. The highest BCUT2D eigenvalue weighted by atomic mass is 79.9. The molecule has 1 fully saturated rings. The number of nitrogens with one attached hydrogen (secondary N) is 1. The highest BCUT2D eigenvalue weighted by Gasteiger charge is 2.61. The third-order valence-electron chi connectivity index (χ3n) is 4.18. The van der Waals surface area contributed by atoms with E-state index in [9.17, 15) is 4.79 Å². The molecule has 4 heteroatoms. The Morgan fingerprint density at radius 2 is 2.44 bits per heavy atom. The van der Waals surface area contributed by atoms with Crippen LogP contribution in [0.1, 0.15) is 24.0 Å². The zero-order chi connectivity index (χ0) is 12.8. The molecular formula is C14H13BrN2O. The van der Waals surface area contributed by atoms with Crippen molar-refractivity contribution in [3.63, 3.8) is 0 Å². The molecule has 1 aromatic rings. The maximum absolute atomic E-state index is 11.9. The number of nitriles is 1. The number of aryl methyl sites for hydroxylation is 1. The van der Waals surface area contributed by atoms with Crippen molar-refractivity contribution in [2.24, 2.45) is 5.92 Å². The number of halogens is 1. The first-order valence-electron chi connectivity index (χ1n) is 6.11. The first-order valence-corrected chi connectivity index (χ1v) is 6.90. The van der Waals surface area contributed by atoms with Crippen molar-refractivity contribution in [3.8, 4) is 6.07 Å². The quantitative estimate of drug-likeness (QED) is 0.852. The number of nitrogens with zero attached hydrogens (tertiary/aromatic N) is 1. The molecule has 1 aromatic carbocycles. The summed E-state index contributed by atoms with van der Waals surface area (Å²) in [5.74, 6) is 0.0978. The lowest BCUT2D eigenvalue weighted by molar-refractivity contribution is -0.122. The molecular weight excluding hydrogens is 292 g/mol. The average molecular weight is 305 g/mol. The predicted molar refractivity (Wildman–Crippen MR) is 70.9 cm³/mol. The molecule has 0 unspecified atom stereocenters. The van der Waals surface area contributed by atoms with E-state index < -0.39 is 0 Å². The lowest BCUT2D eigenvalue weighted by Crippen LogP contribution is -2.28. The molecule has 2 atom stereocenters. The Labute approximate surface area is 114 Å². The van der Waals surface area contributed by atoms with Gasteiger partial charge in [-0.15, -0.1) is 0 Å². The maximum atomic E-state index is 11.9. The topological polar surface area (TPSA) is 52.9 Å². The van der Waals surface area contributed by atoms with Crippen molar-refractivity contribution in [3.05, 3.63) is 33.8 Å². The van der Waals surface area contributed by atoms with E-state index in [1.54, 1.807) is 0 Å². The second-order valence-electron chi connectivity index (χ2n) is 5.09. The molecule has 1 spiro atoms. The molecule has 18 heavy (non-hydrogen) atoms. The van der Waals surface area contributed by atoms with Crippen LogP contribution in [0.5, 0.6) is 0 Å². The Morgan fingerprint density at radius 1 is 1.61 bits per heavy atom. The number of carbonyl (C=O) groups is 1. The van der Waals surface area contributed by atoms with Crippen LogP contribution in [0.15, 0.2) is 22.7 Å². The van der Waals surface area contributed by atoms with E-state index in [2.05, 4.69) is 39.4 Å². The fourth-order valence-corrected chi connectivity index (χ4v) is 3.63. The van der Waals surface area contributed by atoms with Crippen molar-refractivity contribution >= 4 is 21.8 Å². The second-order valence-corrected chi connectivity index (χ2v) is 6.01. The SMILES string of the molecule is N#CCNC(=O)[C@H]1C[C@@]12CCc1cc(Br)ccc12. The molecule has 2 aliphatic rings. The van der Waals surface area contributed by atoms with Crippen LogP contribution in [-0.4, -0.2) is 12.5 Å². The number of fused-ring (bicyclic) bond motifs is 2. The zero-order valence-corrected chi connectivity index (χ0v) is 11.5. The first kappa shape index (κ1) is 11.7. The van der Waals surface area contributed by atoms with Gasteiger partial charge in [-0.25, -0.2) is 0 Å². The minimum Gasteiger partial charge on any atom is -0.343 e. The third kappa shape index (κ3) is 1.65. The van der Waals surface area contributed by atoms with Gasteiger partial charge >= 0.3 is 0 Å². The summed E-state index contributed by atoms with van der Waals surface area (Å²) in [5, 5.41) is 11.2. The molecule has 0 heterocycles. The van der Waals surface area contributed by atoms with Gasteiger partial charge in [0.05, 0.1) is 6.07 Å². The van der Waals surface area contributed by atoms with Crippen LogP contribution in [0, 0.1) is 17.2 Å². The largest absolute Gasteiger partial charge is 0.343 e. The molecule has 0 aromatic heterocycles. The molecule has 0 bridgehead atoms. The molecule has 1 saturated carbocycles. The number of hydrogen-bond acceptors (Lipinski definition) is 2. The van der Waals surface area contributed by atoms with Crippen molar-refractivity contribution in [1.82, 2.24) is 5.32 Å². The lowest BCUT2D eigenvalue weighted by atomic mass is 9.95. The van der Waals surface area contributed by atoms with Crippen LogP contribution in [-0.2, 0) is 16.6 Å². The Balaban J connectivity index is 1.82. The van der Waals surface area contributed by atoms with Gasteiger partial charge in [0.1, 0.15) is 6.54 Å². The Kier molecular flexibility index (Phi) is 2.67. The van der Waals surface area contributed by atoms with Gasteiger partial charge in [0.15, 0.2) is 0 Å². The number of benzene rings is 1. The number of amides is 1. The highest BCUT2D eigenvalue weighted by Crippen LogP contribution is 2.61. The van der Waals surface area contributed by atoms with E-state index in [1.807, 2.05) is 6.07 Å². The zero-order valence-electron chi connectivity index (χ0n) is 9.87. The summed E-state index contributed by atoms with van der Waals surface area (Å²) in [4.78, 5) is 11.9. The van der Waals surface area contributed by atoms with Gasteiger partial charge in [0.25, 0.3) is 0 Å². The molecule has 3 nitrogen and oxygen atoms in total. The summed E-state index contributed by atoms with van der Waals surface area (Å²) in [6.45, 7) is 0.110. The number of rotatable bonds is 2. The van der Waals surface area contributed by atoms with Gasteiger partial charge in [0, 0.05) is 15.8 Å². The van der Waals surface area contributed by atoms with Gasteiger partial charge in [-0.1, -0.05) is 22.0 Å². The van der Waals surface area contributed by atoms with Gasteiger partial charge < -0.3 is 5.32 Å². The van der Waals surface area contributed by atoms with Crippen LogP contribution >= 0.6 is 15.9 Å². The van der Waals surface area contributed by atoms with Crippen LogP contribution in [0.4, 0.5) is 0 Å². The summed E-state index contributed by atoms with van der Waals surface area (Å²) in [5.41, 5.74) is 2.76. The van der Waals surface area contributed by atoms with E-state index in [0.29, 0.717) is 0 Å². The van der Waals surface area contributed by atoms with E-state index in [0.717, 1.165) is 23.7 Å². The summed E-state index contributed by atoms with van der Waals surface area (Å²) in [6, 6.07) is 8.30. The van der Waals surface area contributed by atoms with Crippen molar-refractivity contribution < 1.29 is 4.79 Å². The van der Waals surface area contributed by atoms with E-state index >= 15 is 0 Å². The Bertz CT molecular complexity index is 563. The van der Waals surface area contributed by atoms with Gasteiger partial charge in [0.2, 0.25) is 5.91 Å². The minimum atomic E-state index is 0.0346. The van der Waals surface area contributed by atoms with Gasteiger partial charge in [-0.2, -0.15) is 5.26 Å². The summed E-state index contributed by atoms with van der Waals surface area (Å²) in [7, 11) is 0. The van der Waals surface area contributed by atoms with Crippen LogP contribution in [0.25, 0.3) is 0 Å². The van der Waals surface area contributed by atoms with E-state index in [4.69, 9.17) is 5.26 Å².